The number of hydrogen-bond donors (Lipinski definition) is 4. The summed E-state index contributed by atoms with van der Waals surface area (Å²) in [6.07, 6.45) is -4.25. The van der Waals surface area contributed by atoms with Gasteiger partial charge in [-0.05, 0) is 29.8 Å². The first-order valence-corrected chi connectivity index (χ1v) is 14.8. The molecule has 0 unspecified atom stereocenters. The molecule has 0 bridgehead atoms. The van der Waals surface area contributed by atoms with Crippen LogP contribution in [0.5, 0.6) is 40.2 Å². The molecule has 0 spiro atoms. The number of phenols is 1. The Balaban J connectivity index is 1.36. The minimum atomic E-state index is -1.76. The predicted octanol–water partition coefficient (Wildman–Crippen LogP) is 2.36. The molecule has 0 radical (unpaired) electrons. The number of carbonyl (C=O) groups is 1. The smallest absolute Gasteiger partial charge is 0.331 e. The highest BCUT2D eigenvalue weighted by Gasteiger charge is 2.48. The highest BCUT2D eigenvalue weighted by Crippen LogP contribution is 2.46. The molecule has 15 heteroatoms. The zero-order chi connectivity index (χ0) is 34.8. The molecule has 1 fully saturated rings. The van der Waals surface area contributed by atoms with Crippen molar-refractivity contribution in [2.45, 2.75) is 30.7 Å². The number of fused-ring (bicyclic) bond motifs is 2. The third kappa shape index (κ3) is 6.39. The molecule has 2 aliphatic rings. The largest absolute Gasteiger partial charge is 0.508 e. The zero-order valence-electron chi connectivity index (χ0n) is 26.4. The van der Waals surface area contributed by atoms with E-state index in [2.05, 4.69) is 0 Å². The van der Waals surface area contributed by atoms with Crippen LogP contribution in [-0.4, -0.2) is 91.8 Å². The van der Waals surface area contributed by atoms with Gasteiger partial charge >= 0.3 is 5.97 Å². The van der Waals surface area contributed by atoms with Crippen molar-refractivity contribution >= 4 is 23.0 Å². The summed E-state index contributed by atoms with van der Waals surface area (Å²) in [5.74, 6) is 0.0311. The van der Waals surface area contributed by atoms with E-state index < -0.39 is 48.7 Å². The summed E-state index contributed by atoms with van der Waals surface area (Å²) >= 11 is 0. The molecular weight excluding hydrogens is 648 g/mol. The number of rotatable bonds is 10. The van der Waals surface area contributed by atoms with Gasteiger partial charge in [-0.1, -0.05) is 12.1 Å². The van der Waals surface area contributed by atoms with Crippen LogP contribution in [0.25, 0.3) is 28.2 Å². The molecule has 6 rings (SSSR count). The molecule has 0 saturated carbocycles. The van der Waals surface area contributed by atoms with Gasteiger partial charge in [-0.3, -0.25) is 4.79 Å². The lowest BCUT2D eigenvalue weighted by Gasteiger charge is -2.41. The fraction of sp³-hybridized carbons (Fsp3) is 0.294. The Morgan fingerprint density at radius 2 is 1.63 bits per heavy atom. The molecule has 49 heavy (non-hydrogen) atoms. The van der Waals surface area contributed by atoms with E-state index in [1.54, 1.807) is 24.3 Å². The molecule has 4 aromatic rings. The van der Waals surface area contributed by atoms with Crippen molar-refractivity contribution in [3.8, 4) is 51.4 Å². The number of benzene rings is 3. The summed E-state index contributed by atoms with van der Waals surface area (Å²) in [7, 11) is 4.04. The van der Waals surface area contributed by atoms with Crippen LogP contribution in [0.3, 0.4) is 0 Å². The Hall–Kier alpha value is -5.48. The van der Waals surface area contributed by atoms with Gasteiger partial charge in [0.05, 0.1) is 33.5 Å². The number of aliphatic hydroxyl groups excluding tert-OH is 3. The molecule has 1 saturated heterocycles. The lowest BCUT2D eigenvalue weighted by Crippen LogP contribution is -2.61. The first-order valence-electron chi connectivity index (χ1n) is 14.8. The van der Waals surface area contributed by atoms with Crippen LogP contribution >= 0.6 is 0 Å². The molecular formula is C34H32O15. The van der Waals surface area contributed by atoms with Gasteiger partial charge in [-0.25, -0.2) is 4.79 Å². The number of carbonyl (C=O) groups excluding carboxylic acids is 1. The van der Waals surface area contributed by atoms with Crippen LogP contribution in [0.2, 0.25) is 0 Å². The van der Waals surface area contributed by atoms with Crippen molar-refractivity contribution in [1.82, 2.24) is 0 Å². The van der Waals surface area contributed by atoms with Crippen LogP contribution in [0.4, 0.5) is 0 Å². The summed E-state index contributed by atoms with van der Waals surface area (Å²) in [6, 6.07) is 10.5. The lowest BCUT2D eigenvalue weighted by atomic mass is 9.99. The van der Waals surface area contributed by atoms with Gasteiger partial charge in [0.2, 0.25) is 24.3 Å². The minimum Gasteiger partial charge on any atom is -0.508 e. The molecule has 258 valence electrons. The molecule has 15 nitrogen and oxygen atoms in total. The van der Waals surface area contributed by atoms with E-state index in [0.717, 1.165) is 6.08 Å². The SMILES string of the molecule is COc1cc2c(cc1-c1coc3cc(O[C@@H]4O[C@H](CO)[C@@H](O)[C@H](O)[C@H]4OC(=O)/C=C/c4ccc(O)cc4)c(OC)c(OC)c3c1=O)OCO2. The second kappa shape index (κ2) is 13.9. The van der Waals surface area contributed by atoms with Crippen LogP contribution in [0, 0.1) is 0 Å². The Bertz CT molecular complexity index is 1930. The third-order valence-electron chi connectivity index (χ3n) is 7.96. The Morgan fingerprint density at radius 1 is 0.918 bits per heavy atom. The standard InChI is InChI=1S/C34H32O15/c1-41-20-11-22-21(45-15-46-22)10-18(20)19-14-44-23-12-24(31(42-2)32(43-3)27(23)28(19)38)47-34-33(30(40)29(39)25(13-35)48-34)49-26(37)9-6-16-4-7-17(36)8-5-16/h4-12,14,25,29-30,33-36,39-40H,13,15H2,1-3H3/b9-6+/t25-,29-,30+,33-,34-/m1/s1. The maximum absolute atomic E-state index is 14.0. The third-order valence-corrected chi connectivity index (χ3v) is 7.96. The quantitative estimate of drug-likeness (QED) is 0.140. The number of methoxy groups -OCH3 is 3. The molecule has 0 aliphatic carbocycles. The van der Waals surface area contributed by atoms with E-state index in [9.17, 15) is 30.0 Å². The number of aliphatic hydroxyl groups is 3. The van der Waals surface area contributed by atoms with E-state index in [4.69, 9.17) is 42.3 Å². The lowest BCUT2D eigenvalue weighted by molar-refractivity contribution is -0.281. The van der Waals surface area contributed by atoms with Gasteiger partial charge in [-0.15, -0.1) is 0 Å². The van der Waals surface area contributed by atoms with Crippen LogP contribution < -0.4 is 33.8 Å². The first kappa shape index (κ1) is 33.4. The minimum absolute atomic E-state index is 0.00147. The molecule has 1 aromatic heterocycles. The Labute approximate surface area is 277 Å². The molecule has 3 heterocycles. The highest BCUT2D eigenvalue weighted by atomic mass is 16.7. The fourth-order valence-corrected chi connectivity index (χ4v) is 5.50. The maximum Gasteiger partial charge on any atom is 0.331 e. The summed E-state index contributed by atoms with van der Waals surface area (Å²) in [4.78, 5) is 26.8. The van der Waals surface area contributed by atoms with E-state index in [1.165, 1.54) is 51.9 Å². The van der Waals surface area contributed by atoms with E-state index in [1.807, 2.05) is 0 Å². The van der Waals surface area contributed by atoms with Gasteiger partial charge in [-0.2, -0.15) is 0 Å². The average Bonchev–Trinajstić information content (AvgIpc) is 3.57. The van der Waals surface area contributed by atoms with Gasteiger partial charge in [0.1, 0.15) is 47.0 Å². The van der Waals surface area contributed by atoms with Crippen molar-refractivity contribution in [2.75, 3.05) is 34.7 Å². The highest BCUT2D eigenvalue weighted by molar-refractivity contribution is 5.92. The normalized spacial score (nSPS) is 21.5. The second-order valence-electron chi connectivity index (χ2n) is 10.8. The fourth-order valence-electron chi connectivity index (χ4n) is 5.50. The Morgan fingerprint density at radius 3 is 2.31 bits per heavy atom. The van der Waals surface area contributed by atoms with Gasteiger partial charge < -0.3 is 62.7 Å². The first-order chi connectivity index (χ1) is 23.7. The van der Waals surface area contributed by atoms with Crippen molar-refractivity contribution in [1.29, 1.82) is 0 Å². The molecule has 3 aromatic carbocycles. The maximum atomic E-state index is 14.0. The van der Waals surface area contributed by atoms with Crippen LogP contribution in [0.1, 0.15) is 5.56 Å². The van der Waals surface area contributed by atoms with Gasteiger partial charge in [0, 0.05) is 23.8 Å². The van der Waals surface area contributed by atoms with Gasteiger partial charge in [0.15, 0.2) is 29.1 Å². The van der Waals surface area contributed by atoms with Crippen molar-refractivity contribution in [2.24, 2.45) is 0 Å². The van der Waals surface area contributed by atoms with Crippen molar-refractivity contribution in [3.63, 3.8) is 0 Å². The zero-order valence-corrected chi connectivity index (χ0v) is 26.4. The summed E-state index contributed by atoms with van der Waals surface area (Å²) in [6.45, 7) is -0.697. The molecule has 0 amide bonds. The van der Waals surface area contributed by atoms with E-state index in [0.29, 0.717) is 28.4 Å². The number of phenolic OH excluding ortho intramolecular Hbond substituents is 1. The van der Waals surface area contributed by atoms with Crippen molar-refractivity contribution in [3.05, 3.63) is 70.6 Å². The summed E-state index contributed by atoms with van der Waals surface area (Å²) < 4.78 is 50.7. The number of aromatic hydroxyl groups is 1. The number of esters is 1. The van der Waals surface area contributed by atoms with E-state index >= 15 is 0 Å². The molecule has 5 atom stereocenters. The predicted molar refractivity (Wildman–Crippen MR) is 169 cm³/mol. The van der Waals surface area contributed by atoms with E-state index in [-0.39, 0.29) is 46.3 Å². The molecule has 4 N–H and O–H groups in total. The number of ether oxygens (including phenoxy) is 8. The average molecular weight is 681 g/mol. The second-order valence-corrected chi connectivity index (χ2v) is 10.8. The van der Waals surface area contributed by atoms with Gasteiger partial charge in [0.25, 0.3) is 0 Å². The van der Waals surface area contributed by atoms with Crippen molar-refractivity contribution < 1.29 is 67.5 Å². The monoisotopic (exact) mass is 680 g/mol. The number of hydrogen-bond acceptors (Lipinski definition) is 15. The summed E-state index contributed by atoms with van der Waals surface area (Å²) in [5.41, 5.74) is 0.535. The molecule has 2 aliphatic heterocycles. The van der Waals surface area contributed by atoms with Crippen LogP contribution in [-0.2, 0) is 14.3 Å². The Kier molecular flexibility index (Phi) is 9.51. The topological polar surface area (TPSA) is 202 Å². The van der Waals surface area contributed by atoms with Crippen LogP contribution in [0.15, 0.2) is 64.0 Å². The summed E-state index contributed by atoms with van der Waals surface area (Å²) in [5, 5.41) is 40.8.